The smallest absolute Gasteiger partial charge is 0.346 e. The van der Waals surface area contributed by atoms with E-state index in [2.05, 4.69) is 4.99 Å². The van der Waals surface area contributed by atoms with Crippen LogP contribution in [0, 0.1) is 5.92 Å². The molecule has 0 bridgehead atoms. The molecular weight excluding hydrogens is 286 g/mol. The number of aliphatic carboxylic acids is 1. The van der Waals surface area contributed by atoms with Gasteiger partial charge in [0.1, 0.15) is 11.8 Å². The molecule has 1 atom stereocenters. The fourth-order valence-corrected chi connectivity index (χ4v) is 2.54. The maximum absolute atomic E-state index is 12.8. The lowest BCUT2D eigenvalue weighted by atomic mass is 9.79. The first kappa shape index (κ1) is 18.3. The normalized spacial score (nSPS) is 19.6. The van der Waals surface area contributed by atoms with Gasteiger partial charge in [-0.15, -0.1) is 0 Å². The van der Waals surface area contributed by atoms with Gasteiger partial charge in [0, 0.05) is 5.92 Å². The van der Waals surface area contributed by atoms with Crippen LogP contribution in [0.2, 0.25) is 0 Å². The van der Waals surface area contributed by atoms with E-state index in [0.717, 1.165) is 19.3 Å². The molecule has 1 rings (SSSR count). The first-order valence-corrected chi connectivity index (χ1v) is 7.62. The zero-order valence-electron chi connectivity index (χ0n) is 13.7. The molecule has 0 spiro atoms. The molecule has 0 aliphatic heterocycles. The number of carbonyl (C=O) groups is 3. The summed E-state index contributed by atoms with van der Waals surface area (Å²) in [5.41, 5.74) is -2.57. The average molecular weight is 311 g/mol. The SMILES string of the molecule is CC(C)(C)OC(=O)[C@@](C)(N=CC(=O)O)C(=O)C1CCCCC1. The van der Waals surface area contributed by atoms with E-state index in [1.54, 1.807) is 20.8 Å². The molecular formula is C16H25NO5. The van der Waals surface area contributed by atoms with Crippen LogP contribution in [-0.2, 0) is 19.1 Å². The highest BCUT2D eigenvalue weighted by Gasteiger charge is 2.46. The number of rotatable bonds is 5. The molecule has 6 nitrogen and oxygen atoms in total. The Kier molecular flexibility index (Phi) is 5.85. The first-order valence-electron chi connectivity index (χ1n) is 7.62. The molecule has 1 saturated carbocycles. The third-order valence-corrected chi connectivity index (χ3v) is 3.69. The van der Waals surface area contributed by atoms with E-state index in [0.29, 0.717) is 19.1 Å². The van der Waals surface area contributed by atoms with Gasteiger partial charge in [0.25, 0.3) is 0 Å². The Bertz CT molecular complexity index is 471. The van der Waals surface area contributed by atoms with Crippen molar-refractivity contribution < 1.29 is 24.2 Å². The average Bonchev–Trinajstić information content (AvgIpc) is 2.43. The third kappa shape index (κ3) is 4.93. The van der Waals surface area contributed by atoms with Gasteiger partial charge >= 0.3 is 11.9 Å². The van der Waals surface area contributed by atoms with E-state index in [1.165, 1.54) is 6.92 Å². The van der Waals surface area contributed by atoms with Crippen LogP contribution in [0.3, 0.4) is 0 Å². The predicted molar refractivity (Wildman–Crippen MR) is 82.0 cm³/mol. The summed E-state index contributed by atoms with van der Waals surface area (Å²) in [6, 6.07) is 0. The molecule has 22 heavy (non-hydrogen) atoms. The van der Waals surface area contributed by atoms with Crippen LogP contribution >= 0.6 is 0 Å². The van der Waals surface area contributed by atoms with Gasteiger partial charge in [-0.05, 0) is 40.5 Å². The number of hydrogen-bond acceptors (Lipinski definition) is 5. The number of ketones is 1. The lowest BCUT2D eigenvalue weighted by Gasteiger charge is -2.31. The van der Waals surface area contributed by atoms with Gasteiger partial charge < -0.3 is 9.84 Å². The highest BCUT2D eigenvalue weighted by Crippen LogP contribution is 2.31. The zero-order chi connectivity index (χ0) is 17.0. The summed E-state index contributed by atoms with van der Waals surface area (Å²) in [5.74, 6) is -2.71. The number of carboxylic acid groups (broad SMARTS) is 1. The second-order valence-electron chi connectivity index (χ2n) is 6.87. The van der Waals surface area contributed by atoms with Crippen LogP contribution in [0.4, 0.5) is 0 Å². The van der Waals surface area contributed by atoms with Crippen LogP contribution in [0.15, 0.2) is 4.99 Å². The lowest BCUT2D eigenvalue weighted by molar-refractivity contribution is -0.164. The molecule has 6 heteroatoms. The van der Waals surface area contributed by atoms with Crippen molar-refractivity contribution >= 4 is 23.9 Å². The van der Waals surface area contributed by atoms with Crippen molar-refractivity contribution in [1.82, 2.24) is 0 Å². The highest BCUT2D eigenvalue weighted by atomic mass is 16.6. The molecule has 0 saturated heterocycles. The van der Waals surface area contributed by atoms with Gasteiger partial charge in [-0.25, -0.2) is 9.59 Å². The largest absolute Gasteiger partial charge is 0.477 e. The van der Waals surface area contributed by atoms with Crippen molar-refractivity contribution in [2.45, 2.75) is 70.9 Å². The summed E-state index contributed by atoms with van der Waals surface area (Å²) in [6.45, 7) is 6.42. The maximum Gasteiger partial charge on any atom is 0.346 e. The number of carbonyl (C=O) groups excluding carboxylic acids is 2. The molecule has 124 valence electrons. The molecule has 1 aliphatic carbocycles. The van der Waals surface area contributed by atoms with Gasteiger partial charge in [-0.1, -0.05) is 19.3 Å². The van der Waals surface area contributed by atoms with Crippen molar-refractivity contribution in [3.05, 3.63) is 0 Å². The van der Waals surface area contributed by atoms with Crippen molar-refractivity contribution in [1.29, 1.82) is 0 Å². The maximum atomic E-state index is 12.8. The second-order valence-corrected chi connectivity index (χ2v) is 6.87. The van der Waals surface area contributed by atoms with Gasteiger partial charge in [0.15, 0.2) is 5.78 Å². The molecule has 0 aromatic rings. The van der Waals surface area contributed by atoms with Crippen molar-refractivity contribution in [2.75, 3.05) is 0 Å². The summed E-state index contributed by atoms with van der Waals surface area (Å²) in [7, 11) is 0. The van der Waals surface area contributed by atoms with Crippen LogP contribution in [0.1, 0.15) is 59.8 Å². The molecule has 0 amide bonds. The molecule has 1 N–H and O–H groups in total. The Hall–Kier alpha value is -1.72. The van der Waals surface area contributed by atoms with E-state index >= 15 is 0 Å². The van der Waals surface area contributed by atoms with Crippen LogP contribution in [-0.4, -0.2) is 40.2 Å². The van der Waals surface area contributed by atoms with Crippen LogP contribution in [0.25, 0.3) is 0 Å². The van der Waals surface area contributed by atoms with Gasteiger partial charge in [-0.3, -0.25) is 9.79 Å². The van der Waals surface area contributed by atoms with E-state index in [1.807, 2.05) is 0 Å². The summed E-state index contributed by atoms with van der Waals surface area (Å²) < 4.78 is 5.28. The molecule has 1 aliphatic rings. The summed E-state index contributed by atoms with van der Waals surface area (Å²) in [4.78, 5) is 39.7. The number of aliphatic imine (C=N–C) groups is 1. The number of Topliss-reactive ketones (excluding diaryl/α,β-unsaturated/α-hetero) is 1. The summed E-state index contributed by atoms with van der Waals surface area (Å²) >= 11 is 0. The minimum atomic E-state index is -1.80. The Balaban J connectivity index is 3.06. The number of hydrogen-bond donors (Lipinski definition) is 1. The fraction of sp³-hybridized carbons (Fsp3) is 0.750. The lowest BCUT2D eigenvalue weighted by Crippen LogP contribution is -2.49. The molecule has 0 aromatic carbocycles. The van der Waals surface area contributed by atoms with Gasteiger partial charge in [0.2, 0.25) is 5.54 Å². The Morgan fingerprint density at radius 1 is 1.09 bits per heavy atom. The van der Waals surface area contributed by atoms with E-state index in [-0.39, 0.29) is 11.7 Å². The molecule has 0 heterocycles. The van der Waals surface area contributed by atoms with Crippen molar-refractivity contribution in [3.63, 3.8) is 0 Å². The fourth-order valence-electron chi connectivity index (χ4n) is 2.54. The standard InChI is InChI=1S/C16H25NO5/c1-15(2,3)22-14(21)16(4,17-10-12(18)19)13(20)11-8-6-5-7-9-11/h10-11H,5-9H2,1-4H3,(H,18,19)/t16-/m0/s1. The number of carboxylic acids is 1. The number of ether oxygens (including phenoxy) is 1. The summed E-state index contributed by atoms with van der Waals surface area (Å²) in [6.07, 6.45) is 4.96. The van der Waals surface area contributed by atoms with E-state index < -0.39 is 23.1 Å². The van der Waals surface area contributed by atoms with Crippen molar-refractivity contribution in [3.8, 4) is 0 Å². The second kappa shape index (κ2) is 7.03. The molecule has 0 aromatic heterocycles. The quantitative estimate of drug-likeness (QED) is 0.478. The number of esters is 1. The first-order chi connectivity index (χ1) is 10.1. The molecule has 0 unspecified atom stereocenters. The Morgan fingerprint density at radius 2 is 1.64 bits per heavy atom. The Labute approximate surface area is 130 Å². The molecule has 1 fully saturated rings. The minimum Gasteiger partial charge on any atom is -0.477 e. The minimum absolute atomic E-state index is 0.266. The van der Waals surface area contributed by atoms with Crippen LogP contribution < -0.4 is 0 Å². The van der Waals surface area contributed by atoms with Crippen molar-refractivity contribution in [2.24, 2.45) is 10.9 Å². The monoisotopic (exact) mass is 311 g/mol. The van der Waals surface area contributed by atoms with Gasteiger partial charge in [0.05, 0.1) is 0 Å². The van der Waals surface area contributed by atoms with E-state index in [9.17, 15) is 14.4 Å². The van der Waals surface area contributed by atoms with Gasteiger partial charge in [-0.2, -0.15) is 0 Å². The van der Waals surface area contributed by atoms with Crippen LogP contribution in [0.5, 0.6) is 0 Å². The predicted octanol–water partition coefficient (Wildman–Crippen LogP) is 2.39. The third-order valence-electron chi connectivity index (χ3n) is 3.69. The van der Waals surface area contributed by atoms with E-state index in [4.69, 9.17) is 9.84 Å². The zero-order valence-corrected chi connectivity index (χ0v) is 13.7. The summed E-state index contributed by atoms with van der Waals surface area (Å²) in [5, 5.41) is 8.77. The Morgan fingerprint density at radius 3 is 2.09 bits per heavy atom. The molecule has 0 radical (unpaired) electrons. The highest BCUT2D eigenvalue weighted by molar-refractivity contribution is 6.23. The number of nitrogens with zero attached hydrogens (tertiary/aromatic N) is 1. The topological polar surface area (TPSA) is 93.0 Å².